The lowest BCUT2D eigenvalue weighted by Gasteiger charge is -2.23. The van der Waals surface area contributed by atoms with Crippen LogP contribution in [0, 0.1) is 0 Å². The third-order valence-electron chi connectivity index (χ3n) is 4.19. The molecule has 2 aromatic heterocycles. The number of halogens is 1. The van der Waals surface area contributed by atoms with Crippen molar-refractivity contribution in [1.82, 2.24) is 20.5 Å². The van der Waals surface area contributed by atoms with Crippen molar-refractivity contribution in [2.24, 2.45) is 0 Å². The molecule has 26 heavy (non-hydrogen) atoms. The minimum Gasteiger partial charge on any atom is -0.495 e. The highest BCUT2D eigenvalue weighted by atomic mass is 35.5. The van der Waals surface area contributed by atoms with Crippen LogP contribution in [0.1, 0.15) is 18.3 Å². The molecule has 3 N–H and O–H groups in total. The quantitative estimate of drug-likeness (QED) is 0.701. The number of rotatable bonds is 4. The number of thioether (sulfide) groups is 1. The first kappa shape index (κ1) is 18.6. The molecule has 0 atom stereocenters. The number of aryl methyl sites for hydroxylation is 1. The monoisotopic (exact) mass is 389 g/mol. The number of anilines is 1. The summed E-state index contributed by atoms with van der Waals surface area (Å²) in [7, 11) is 1.62. The van der Waals surface area contributed by atoms with Gasteiger partial charge in [0.2, 0.25) is 5.78 Å². The zero-order valence-electron chi connectivity index (χ0n) is 14.6. The number of hydrogen-bond acceptors (Lipinski definition) is 6. The van der Waals surface area contributed by atoms with Crippen LogP contribution in [0.2, 0.25) is 5.02 Å². The molecule has 1 aliphatic heterocycles. The number of aromatic nitrogens is 3. The van der Waals surface area contributed by atoms with Crippen molar-refractivity contribution < 1.29 is 4.74 Å². The predicted octanol–water partition coefficient (Wildman–Crippen LogP) is 4.63. The molecule has 6 nitrogen and oxygen atoms in total. The first-order chi connectivity index (χ1) is 12.2. The van der Waals surface area contributed by atoms with Gasteiger partial charge >= 0.3 is 0 Å². The highest BCUT2D eigenvalue weighted by Gasteiger charge is 2.25. The number of methoxy groups -OCH3 is 1. The highest BCUT2D eigenvalue weighted by molar-refractivity contribution is 8.02. The minimum atomic E-state index is 0. The van der Waals surface area contributed by atoms with Crippen molar-refractivity contribution in [2.45, 2.75) is 13.3 Å². The van der Waals surface area contributed by atoms with Gasteiger partial charge in [0.1, 0.15) is 5.75 Å². The highest BCUT2D eigenvalue weighted by Crippen LogP contribution is 2.39. The molecule has 3 heterocycles. The summed E-state index contributed by atoms with van der Waals surface area (Å²) >= 11 is 8.08. The zero-order chi connectivity index (χ0) is 17.4. The van der Waals surface area contributed by atoms with Crippen molar-refractivity contribution in [1.29, 1.82) is 0 Å². The molecule has 0 amide bonds. The van der Waals surface area contributed by atoms with Crippen LogP contribution in [0.25, 0.3) is 11.5 Å². The van der Waals surface area contributed by atoms with E-state index < -0.39 is 0 Å². The van der Waals surface area contributed by atoms with Gasteiger partial charge in [-0.1, -0.05) is 18.5 Å². The van der Waals surface area contributed by atoms with E-state index in [0.717, 1.165) is 40.8 Å². The molecule has 0 aliphatic carbocycles. The number of nitrogens with zero attached hydrogens (tertiary/aromatic N) is 4. The van der Waals surface area contributed by atoms with Crippen LogP contribution in [0.5, 0.6) is 5.75 Å². The van der Waals surface area contributed by atoms with Crippen molar-refractivity contribution in [3.8, 4) is 5.75 Å². The first-order valence-corrected chi connectivity index (χ1v) is 9.40. The van der Waals surface area contributed by atoms with Gasteiger partial charge in [0, 0.05) is 18.1 Å². The molecule has 0 saturated heterocycles. The molecule has 4 rings (SSSR count). The van der Waals surface area contributed by atoms with Crippen molar-refractivity contribution in [2.75, 3.05) is 17.9 Å². The number of fused-ring (bicyclic) bond motifs is 1. The standard InChI is InChI=1S/C18H17ClN4OS.H3N/c1-3-14-17(22-8-4-7-20-18(22)21-14)15-10-25-11-23(15)12-5-6-16(24-2)13(19)9-12;/h4-10H,3,11H2,1-2H3;1H3. The minimum absolute atomic E-state index is 0. The molecule has 0 fully saturated rings. The summed E-state index contributed by atoms with van der Waals surface area (Å²) in [6, 6.07) is 7.79. The average Bonchev–Trinajstić information content (AvgIpc) is 3.25. The van der Waals surface area contributed by atoms with Gasteiger partial charge in [0.15, 0.2) is 0 Å². The lowest BCUT2D eigenvalue weighted by molar-refractivity contribution is 0.415. The fraction of sp³-hybridized carbons (Fsp3) is 0.222. The van der Waals surface area contributed by atoms with Gasteiger partial charge in [-0.3, -0.25) is 4.40 Å². The number of imidazole rings is 1. The van der Waals surface area contributed by atoms with Crippen LogP contribution < -0.4 is 15.8 Å². The molecule has 8 heteroatoms. The van der Waals surface area contributed by atoms with Gasteiger partial charge in [-0.15, -0.1) is 11.8 Å². The molecule has 136 valence electrons. The maximum absolute atomic E-state index is 6.33. The Morgan fingerprint density at radius 2 is 2.19 bits per heavy atom. The summed E-state index contributed by atoms with van der Waals surface area (Å²) in [6.07, 6.45) is 4.62. The van der Waals surface area contributed by atoms with Gasteiger partial charge in [0.25, 0.3) is 0 Å². The summed E-state index contributed by atoms with van der Waals surface area (Å²) < 4.78 is 7.31. The average molecular weight is 390 g/mol. The summed E-state index contributed by atoms with van der Waals surface area (Å²) in [6.45, 7) is 2.11. The Balaban J connectivity index is 0.00000196. The van der Waals surface area contributed by atoms with Gasteiger partial charge in [-0.25, -0.2) is 9.97 Å². The van der Waals surface area contributed by atoms with Crippen LogP contribution in [0.4, 0.5) is 5.69 Å². The summed E-state index contributed by atoms with van der Waals surface area (Å²) in [5.74, 6) is 2.23. The molecule has 1 aliphatic rings. The fourth-order valence-corrected chi connectivity index (χ4v) is 4.16. The van der Waals surface area contributed by atoms with Gasteiger partial charge < -0.3 is 15.8 Å². The normalized spacial score (nSPS) is 13.7. The van der Waals surface area contributed by atoms with E-state index in [1.807, 2.05) is 30.5 Å². The van der Waals surface area contributed by atoms with Gasteiger partial charge in [-0.05, 0) is 36.1 Å². The maximum Gasteiger partial charge on any atom is 0.234 e. The summed E-state index contributed by atoms with van der Waals surface area (Å²) in [4.78, 5) is 11.3. The molecule has 0 bridgehead atoms. The summed E-state index contributed by atoms with van der Waals surface area (Å²) in [5, 5.41) is 2.78. The molecule has 0 radical (unpaired) electrons. The van der Waals surface area contributed by atoms with E-state index in [0.29, 0.717) is 10.8 Å². The Morgan fingerprint density at radius 3 is 2.92 bits per heavy atom. The van der Waals surface area contributed by atoms with E-state index in [1.165, 1.54) is 0 Å². The number of benzene rings is 1. The van der Waals surface area contributed by atoms with Crippen LogP contribution in [-0.2, 0) is 6.42 Å². The predicted molar refractivity (Wildman–Crippen MR) is 108 cm³/mol. The molecule has 1 aromatic carbocycles. The van der Waals surface area contributed by atoms with Crippen LogP contribution >= 0.6 is 23.4 Å². The van der Waals surface area contributed by atoms with Crippen molar-refractivity contribution >= 4 is 40.5 Å². The zero-order valence-corrected chi connectivity index (χ0v) is 16.2. The molecule has 3 aromatic rings. The smallest absolute Gasteiger partial charge is 0.234 e. The van der Waals surface area contributed by atoms with E-state index in [9.17, 15) is 0 Å². The van der Waals surface area contributed by atoms with Gasteiger partial charge in [0.05, 0.1) is 35.1 Å². The van der Waals surface area contributed by atoms with E-state index in [1.54, 1.807) is 25.1 Å². The third kappa shape index (κ3) is 3.02. The van der Waals surface area contributed by atoms with Crippen LogP contribution in [0.3, 0.4) is 0 Å². The molecule has 0 saturated carbocycles. The number of ether oxygens (including phenoxy) is 1. The second kappa shape index (κ2) is 7.57. The lowest BCUT2D eigenvalue weighted by Crippen LogP contribution is -2.18. The Kier molecular flexibility index (Phi) is 5.41. The Hall–Kier alpha value is -2.22. The second-order valence-electron chi connectivity index (χ2n) is 5.60. The lowest BCUT2D eigenvalue weighted by atomic mass is 10.2. The maximum atomic E-state index is 6.33. The van der Waals surface area contributed by atoms with Crippen LogP contribution in [0.15, 0.2) is 42.1 Å². The Morgan fingerprint density at radius 1 is 1.35 bits per heavy atom. The molecular weight excluding hydrogens is 370 g/mol. The number of hydrogen-bond donors (Lipinski definition) is 1. The Bertz CT molecular complexity index is 971. The van der Waals surface area contributed by atoms with Crippen molar-refractivity contribution in [3.63, 3.8) is 0 Å². The molecular formula is C18H20ClN5OS. The topological polar surface area (TPSA) is 77.7 Å². The first-order valence-electron chi connectivity index (χ1n) is 7.98. The van der Waals surface area contributed by atoms with Crippen LogP contribution in [-0.4, -0.2) is 27.4 Å². The van der Waals surface area contributed by atoms with Crippen molar-refractivity contribution in [3.05, 3.63) is 58.5 Å². The van der Waals surface area contributed by atoms with Gasteiger partial charge in [-0.2, -0.15) is 0 Å². The largest absolute Gasteiger partial charge is 0.495 e. The van der Waals surface area contributed by atoms with E-state index in [2.05, 4.69) is 31.6 Å². The summed E-state index contributed by atoms with van der Waals surface area (Å²) in [5.41, 5.74) is 4.27. The van der Waals surface area contributed by atoms with E-state index in [-0.39, 0.29) is 6.15 Å². The fourth-order valence-electron chi connectivity index (χ4n) is 3.00. The second-order valence-corrected chi connectivity index (χ2v) is 6.83. The molecule has 0 unspecified atom stereocenters. The Labute approximate surface area is 161 Å². The molecule has 0 spiro atoms. The van der Waals surface area contributed by atoms with E-state index >= 15 is 0 Å². The SMILES string of the molecule is CCc1nc2ncccn2c1C1=CSCN1c1ccc(OC)c(Cl)c1.N. The van der Waals surface area contributed by atoms with E-state index in [4.69, 9.17) is 16.3 Å². The third-order valence-corrected chi connectivity index (χ3v) is 5.28.